The van der Waals surface area contributed by atoms with Crippen LogP contribution in [0, 0.1) is 0 Å². The van der Waals surface area contributed by atoms with Gasteiger partial charge in [-0.15, -0.1) is 0 Å². The van der Waals surface area contributed by atoms with Crippen molar-refractivity contribution in [2.45, 2.75) is 12.2 Å². The lowest BCUT2D eigenvalue weighted by atomic mass is 10.2. The number of rotatable bonds is 5. The third-order valence-electron chi connectivity index (χ3n) is 2.26. The monoisotopic (exact) mass is 249 g/mol. The quantitative estimate of drug-likeness (QED) is 0.834. The molecule has 3 nitrogen and oxygen atoms in total. The van der Waals surface area contributed by atoms with E-state index in [0.29, 0.717) is 0 Å². The fourth-order valence-electron chi connectivity index (χ4n) is 1.24. The van der Waals surface area contributed by atoms with E-state index < -0.39 is 17.8 Å². The zero-order chi connectivity index (χ0) is 12.9. The van der Waals surface area contributed by atoms with Gasteiger partial charge in [-0.2, -0.15) is 13.2 Å². The summed E-state index contributed by atoms with van der Waals surface area (Å²) in [7, 11) is 1.60. The number of benzene rings is 1. The van der Waals surface area contributed by atoms with Gasteiger partial charge in [0, 0.05) is 0 Å². The van der Waals surface area contributed by atoms with Crippen molar-refractivity contribution in [3.8, 4) is 5.75 Å². The Hall–Kier alpha value is -1.27. The Kier molecular flexibility index (Phi) is 4.77. The molecule has 1 unspecified atom stereocenters. The molecule has 6 heteroatoms. The maximum atomic E-state index is 12.6. The number of hydrogen-bond acceptors (Lipinski definition) is 3. The van der Waals surface area contributed by atoms with Crippen molar-refractivity contribution in [2.75, 3.05) is 20.3 Å². The number of hydrogen-bond donors (Lipinski definition) is 2. The van der Waals surface area contributed by atoms with Crippen molar-refractivity contribution in [3.63, 3.8) is 0 Å². The second-order valence-corrected chi connectivity index (χ2v) is 3.47. The van der Waals surface area contributed by atoms with Crippen LogP contribution in [0.3, 0.4) is 0 Å². The zero-order valence-corrected chi connectivity index (χ0v) is 9.29. The summed E-state index contributed by atoms with van der Waals surface area (Å²) in [6, 6.07) is 4.60. The number of para-hydroxylation sites is 1. The SMILES string of the molecule is CNC(CO)COc1ccccc1C(F)(F)F. The Morgan fingerprint density at radius 2 is 2.00 bits per heavy atom. The average Bonchev–Trinajstić information content (AvgIpc) is 2.29. The van der Waals surface area contributed by atoms with Crippen LogP contribution in [0.2, 0.25) is 0 Å². The van der Waals surface area contributed by atoms with E-state index >= 15 is 0 Å². The first-order valence-corrected chi connectivity index (χ1v) is 5.06. The molecule has 0 aliphatic heterocycles. The Balaban J connectivity index is 2.77. The molecule has 2 N–H and O–H groups in total. The molecule has 0 saturated heterocycles. The lowest BCUT2D eigenvalue weighted by molar-refractivity contribution is -0.139. The number of nitrogens with one attached hydrogen (secondary N) is 1. The summed E-state index contributed by atoms with van der Waals surface area (Å²) in [5.41, 5.74) is -0.812. The van der Waals surface area contributed by atoms with Gasteiger partial charge in [-0.3, -0.25) is 0 Å². The maximum absolute atomic E-state index is 12.6. The Morgan fingerprint density at radius 3 is 2.53 bits per heavy atom. The first-order valence-electron chi connectivity index (χ1n) is 5.06. The van der Waals surface area contributed by atoms with Crippen molar-refractivity contribution in [2.24, 2.45) is 0 Å². The molecular weight excluding hydrogens is 235 g/mol. The predicted octanol–water partition coefficient (Wildman–Crippen LogP) is 1.66. The van der Waals surface area contributed by atoms with Gasteiger partial charge >= 0.3 is 6.18 Å². The average molecular weight is 249 g/mol. The Labute approximate surface area is 97.2 Å². The van der Waals surface area contributed by atoms with Gasteiger partial charge in [-0.05, 0) is 19.2 Å². The summed E-state index contributed by atoms with van der Waals surface area (Å²) < 4.78 is 42.8. The molecule has 96 valence electrons. The molecule has 1 aromatic carbocycles. The van der Waals surface area contributed by atoms with Gasteiger partial charge in [0.05, 0.1) is 18.2 Å². The van der Waals surface area contributed by atoms with Gasteiger partial charge in [-0.25, -0.2) is 0 Å². The third kappa shape index (κ3) is 3.90. The van der Waals surface area contributed by atoms with Crippen LogP contribution in [0.25, 0.3) is 0 Å². The third-order valence-corrected chi connectivity index (χ3v) is 2.26. The van der Waals surface area contributed by atoms with Crippen LogP contribution in [-0.2, 0) is 6.18 Å². The second kappa shape index (κ2) is 5.88. The highest BCUT2D eigenvalue weighted by Crippen LogP contribution is 2.35. The summed E-state index contributed by atoms with van der Waals surface area (Å²) in [4.78, 5) is 0. The number of aliphatic hydroxyl groups excluding tert-OH is 1. The van der Waals surface area contributed by atoms with E-state index in [9.17, 15) is 13.2 Å². The Bertz CT molecular complexity index is 351. The number of aliphatic hydroxyl groups is 1. The smallest absolute Gasteiger partial charge is 0.419 e. The van der Waals surface area contributed by atoms with Crippen molar-refractivity contribution >= 4 is 0 Å². The van der Waals surface area contributed by atoms with Gasteiger partial charge in [0.2, 0.25) is 0 Å². The van der Waals surface area contributed by atoms with E-state index in [4.69, 9.17) is 9.84 Å². The molecule has 0 bridgehead atoms. The van der Waals surface area contributed by atoms with Gasteiger partial charge in [0.15, 0.2) is 0 Å². The van der Waals surface area contributed by atoms with Crippen LogP contribution in [-0.4, -0.2) is 31.4 Å². The van der Waals surface area contributed by atoms with Gasteiger partial charge in [0.1, 0.15) is 12.4 Å². The molecule has 1 rings (SSSR count). The fourth-order valence-corrected chi connectivity index (χ4v) is 1.24. The molecule has 0 saturated carbocycles. The van der Waals surface area contributed by atoms with Crippen molar-refractivity contribution < 1.29 is 23.0 Å². The molecule has 0 amide bonds. The number of likely N-dealkylation sites (N-methyl/N-ethyl adjacent to an activating group) is 1. The van der Waals surface area contributed by atoms with Crippen molar-refractivity contribution in [1.82, 2.24) is 5.32 Å². The number of alkyl halides is 3. The van der Waals surface area contributed by atoms with E-state index in [1.165, 1.54) is 18.2 Å². The highest BCUT2D eigenvalue weighted by atomic mass is 19.4. The highest BCUT2D eigenvalue weighted by molar-refractivity contribution is 5.35. The summed E-state index contributed by atoms with van der Waals surface area (Å²) in [6.45, 7) is -0.231. The molecular formula is C11H14F3NO2. The molecule has 0 fully saturated rings. The van der Waals surface area contributed by atoms with E-state index in [1.807, 2.05) is 0 Å². The lowest BCUT2D eigenvalue weighted by Crippen LogP contribution is -2.35. The van der Waals surface area contributed by atoms with Crippen LogP contribution in [0.15, 0.2) is 24.3 Å². The minimum atomic E-state index is -4.44. The van der Waals surface area contributed by atoms with Crippen LogP contribution in [0.5, 0.6) is 5.75 Å². The predicted molar refractivity (Wildman–Crippen MR) is 56.9 cm³/mol. The summed E-state index contributed by atoms with van der Waals surface area (Å²) in [6.07, 6.45) is -4.44. The summed E-state index contributed by atoms with van der Waals surface area (Å²) in [5, 5.41) is 11.6. The normalized spacial score (nSPS) is 13.5. The number of ether oxygens (including phenoxy) is 1. The van der Waals surface area contributed by atoms with Gasteiger partial charge in [-0.1, -0.05) is 12.1 Å². The first-order chi connectivity index (χ1) is 7.99. The summed E-state index contributed by atoms with van der Waals surface area (Å²) in [5.74, 6) is -0.228. The van der Waals surface area contributed by atoms with Crippen molar-refractivity contribution in [1.29, 1.82) is 0 Å². The molecule has 0 heterocycles. The molecule has 0 aliphatic rings. The maximum Gasteiger partial charge on any atom is 0.419 e. The summed E-state index contributed by atoms with van der Waals surface area (Å²) >= 11 is 0. The lowest BCUT2D eigenvalue weighted by Gasteiger charge is -2.17. The van der Waals surface area contributed by atoms with E-state index in [1.54, 1.807) is 7.05 Å². The molecule has 0 aromatic heterocycles. The minimum Gasteiger partial charge on any atom is -0.491 e. The number of halogens is 3. The standard InChI is InChI=1S/C11H14F3NO2/c1-15-8(6-16)7-17-10-5-3-2-4-9(10)11(12,13)14/h2-5,8,15-16H,6-7H2,1H3. The van der Waals surface area contributed by atoms with E-state index in [2.05, 4.69) is 5.32 Å². The molecule has 17 heavy (non-hydrogen) atoms. The second-order valence-electron chi connectivity index (χ2n) is 3.47. The minimum absolute atomic E-state index is 0.0277. The van der Waals surface area contributed by atoms with Crippen LogP contribution >= 0.6 is 0 Å². The molecule has 0 aliphatic carbocycles. The molecule has 1 atom stereocenters. The van der Waals surface area contributed by atoms with E-state index in [-0.39, 0.29) is 19.0 Å². The largest absolute Gasteiger partial charge is 0.491 e. The van der Waals surface area contributed by atoms with Gasteiger partial charge in [0.25, 0.3) is 0 Å². The molecule has 0 spiro atoms. The van der Waals surface area contributed by atoms with Crippen LogP contribution < -0.4 is 10.1 Å². The topological polar surface area (TPSA) is 41.5 Å². The van der Waals surface area contributed by atoms with Crippen LogP contribution in [0.4, 0.5) is 13.2 Å². The van der Waals surface area contributed by atoms with Crippen LogP contribution in [0.1, 0.15) is 5.56 Å². The highest BCUT2D eigenvalue weighted by Gasteiger charge is 2.34. The van der Waals surface area contributed by atoms with E-state index in [0.717, 1.165) is 6.07 Å². The molecule has 1 aromatic rings. The fraction of sp³-hybridized carbons (Fsp3) is 0.455. The first kappa shape index (κ1) is 13.8. The molecule has 0 radical (unpaired) electrons. The zero-order valence-electron chi connectivity index (χ0n) is 9.29. The van der Waals surface area contributed by atoms with Gasteiger partial charge < -0.3 is 15.2 Å². The Morgan fingerprint density at radius 1 is 1.35 bits per heavy atom. The van der Waals surface area contributed by atoms with Crippen molar-refractivity contribution in [3.05, 3.63) is 29.8 Å².